The van der Waals surface area contributed by atoms with Gasteiger partial charge in [-0.05, 0) is 28.8 Å². The molecule has 0 aromatic heterocycles. The molecule has 0 unspecified atom stereocenters. The summed E-state index contributed by atoms with van der Waals surface area (Å²) >= 11 is 6.05. The first-order valence-electron chi connectivity index (χ1n) is 8.61. The first kappa shape index (κ1) is 17.3. The highest BCUT2D eigenvalue weighted by atomic mass is 35.5. The Morgan fingerprint density at radius 3 is 1.67 bits per heavy atom. The second-order valence-electron chi connectivity index (χ2n) is 6.31. The lowest BCUT2D eigenvalue weighted by molar-refractivity contribution is -0.136. The van der Waals surface area contributed by atoms with E-state index < -0.39 is 0 Å². The fourth-order valence-corrected chi connectivity index (χ4v) is 3.50. The van der Waals surface area contributed by atoms with E-state index in [1.54, 1.807) is 12.1 Å². The van der Waals surface area contributed by atoms with Gasteiger partial charge in [-0.1, -0.05) is 84.4 Å². The van der Waals surface area contributed by atoms with Gasteiger partial charge in [-0.2, -0.15) is 0 Å². The molecule has 0 N–H and O–H groups in total. The molecule has 1 aliphatic heterocycles. The van der Waals surface area contributed by atoms with Gasteiger partial charge in [0.2, 0.25) is 0 Å². The fourth-order valence-electron chi connectivity index (χ4n) is 3.28. The second-order valence-corrected chi connectivity index (χ2v) is 6.74. The minimum Gasteiger partial charge on any atom is -0.270 e. The number of rotatable bonds is 4. The smallest absolute Gasteiger partial charge is 0.262 e. The Hall–Kier alpha value is -3.17. The Bertz CT molecular complexity index is 981. The van der Waals surface area contributed by atoms with E-state index in [2.05, 4.69) is 0 Å². The lowest BCUT2D eigenvalue weighted by atomic mass is 9.96. The molecule has 0 aliphatic carbocycles. The van der Waals surface area contributed by atoms with Gasteiger partial charge in [-0.25, -0.2) is 0 Å². The molecule has 1 heterocycles. The van der Waals surface area contributed by atoms with Crippen LogP contribution in [-0.4, -0.2) is 16.7 Å². The lowest BCUT2D eigenvalue weighted by Crippen LogP contribution is -2.31. The maximum absolute atomic E-state index is 13.2. The summed E-state index contributed by atoms with van der Waals surface area (Å²) in [6, 6.07) is 25.8. The van der Waals surface area contributed by atoms with Crippen LogP contribution in [0.4, 0.5) is 0 Å². The average molecular weight is 374 g/mol. The van der Waals surface area contributed by atoms with Gasteiger partial charge in [0.25, 0.3) is 11.8 Å². The molecule has 1 aliphatic rings. The summed E-state index contributed by atoms with van der Waals surface area (Å²) in [6.45, 7) is 0.185. The van der Waals surface area contributed by atoms with Crippen LogP contribution in [0.1, 0.15) is 16.7 Å². The number of hydrogen-bond donors (Lipinski definition) is 0. The summed E-state index contributed by atoms with van der Waals surface area (Å²) < 4.78 is 0. The molecule has 4 rings (SSSR count). The van der Waals surface area contributed by atoms with Crippen LogP contribution in [0.2, 0.25) is 5.02 Å². The van der Waals surface area contributed by atoms with Crippen molar-refractivity contribution in [1.29, 1.82) is 0 Å². The van der Waals surface area contributed by atoms with Crippen LogP contribution < -0.4 is 0 Å². The third-order valence-electron chi connectivity index (χ3n) is 4.52. The summed E-state index contributed by atoms with van der Waals surface area (Å²) in [5.41, 5.74) is 3.17. The first-order valence-corrected chi connectivity index (χ1v) is 8.98. The largest absolute Gasteiger partial charge is 0.270 e. The molecule has 0 saturated heterocycles. The Labute approximate surface area is 162 Å². The summed E-state index contributed by atoms with van der Waals surface area (Å²) in [4.78, 5) is 27.7. The molecule has 0 spiro atoms. The van der Waals surface area contributed by atoms with Gasteiger partial charge in [-0.3, -0.25) is 14.5 Å². The van der Waals surface area contributed by atoms with Crippen LogP contribution in [0.15, 0.2) is 84.9 Å². The van der Waals surface area contributed by atoms with Crippen molar-refractivity contribution in [3.05, 3.63) is 107 Å². The van der Waals surface area contributed by atoms with Gasteiger partial charge >= 0.3 is 0 Å². The Morgan fingerprint density at radius 2 is 1.19 bits per heavy atom. The predicted molar refractivity (Wildman–Crippen MR) is 107 cm³/mol. The van der Waals surface area contributed by atoms with Crippen LogP contribution in [0.25, 0.3) is 11.1 Å². The lowest BCUT2D eigenvalue weighted by Gasteiger charge is -2.15. The highest BCUT2D eigenvalue weighted by Crippen LogP contribution is 2.36. The molecule has 0 radical (unpaired) electrons. The minimum absolute atomic E-state index is 0.185. The number of carbonyl (C=O) groups is 2. The Morgan fingerprint density at radius 1 is 0.667 bits per heavy atom. The average Bonchev–Trinajstić information content (AvgIpc) is 2.94. The van der Waals surface area contributed by atoms with E-state index >= 15 is 0 Å². The molecular weight excluding hydrogens is 358 g/mol. The molecule has 2 amide bonds. The van der Waals surface area contributed by atoms with Crippen molar-refractivity contribution in [2.45, 2.75) is 6.54 Å². The zero-order valence-electron chi connectivity index (χ0n) is 14.4. The maximum atomic E-state index is 13.2. The maximum Gasteiger partial charge on any atom is 0.262 e. The van der Waals surface area contributed by atoms with Gasteiger partial charge in [0.15, 0.2) is 0 Å². The van der Waals surface area contributed by atoms with Crippen LogP contribution >= 0.6 is 11.6 Å². The molecular formula is C23H16ClNO2. The first-order chi connectivity index (χ1) is 13.1. The zero-order chi connectivity index (χ0) is 18.8. The Kier molecular flexibility index (Phi) is 4.61. The number of benzene rings is 3. The number of hydrogen-bond acceptors (Lipinski definition) is 2. The summed E-state index contributed by atoms with van der Waals surface area (Å²) in [5.74, 6) is -0.574. The van der Waals surface area contributed by atoms with Gasteiger partial charge in [0, 0.05) is 5.02 Å². The molecule has 3 aromatic carbocycles. The van der Waals surface area contributed by atoms with Crippen LogP contribution in [0.5, 0.6) is 0 Å². The molecule has 4 heteroatoms. The number of halogens is 1. The number of imide groups is 1. The molecule has 132 valence electrons. The number of amides is 2. The van der Waals surface area contributed by atoms with E-state index in [9.17, 15) is 9.59 Å². The van der Waals surface area contributed by atoms with Crippen molar-refractivity contribution in [2.75, 3.05) is 0 Å². The molecule has 0 bridgehead atoms. The van der Waals surface area contributed by atoms with E-state index in [0.717, 1.165) is 16.7 Å². The summed E-state index contributed by atoms with van der Waals surface area (Å²) in [5, 5.41) is 0.575. The normalized spacial score (nSPS) is 14.2. The molecule has 0 atom stereocenters. The van der Waals surface area contributed by atoms with Crippen molar-refractivity contribution in [3.8, 4) is 0 Å². The summed E-state index contributed by atoms with van der Waals surface area (Å²) in [6.07, 6.45) is 0. The monoisotopic (exact) mass is 373 g/mol. The summed E-state index contributed by atoms with van der Waals surface area (Å²) in [7, 11) is 0. The molecule has 3 nitrogen and oxygen atoms in total. The predicted octanol–water partition coefficient (Wildman–Crippen LogP) is 4.82. The number of carbonyl (C=O) groups excluding carboxylic acids is 2. The number of nitrogens with zero attached hydrogens (tertiary/aromatic N) is 1. The molecule has 0 saturated carbocycles. The van der Waals surface area contributed by atoms with E-state index in [1.807, 2.05) is 72.8 Å². The fraction of sp³-hybridized carbons (Fsp3) is 0.0435. The SMILES string of the molecule is O=C1C(c2ccccc2)=C(c2ccccc2)C(=O)N1Cc1cccc(Cl)c1. The van der Waals surface area contributed by atoms with Gasteiger partial charge < -0.3 is 0 Å². The standard InChI is InChI=1S/C23H16ClNO2/c24-19-13-7-8-16(14-19)15-25-22(26)20(17-9-3-1-4-10-17)21(23(25)27)18-11-5-2-6-12-18/h1-14H,15H2. The van der Waals surface area contributed by atoms with E-state index in [0.29, 0.717) is 16.2 Å². The van der Waals surface area contributed by atoms with Crippen molar-refractivity contribution in [1.82, 2.24) is 4.90 Å². The van der Waals surface area contributed by atoms with E-state index in [-0.39, 0.29) is 18.4 Å². The van der Waals surface area contributed by atoms with Gasteiger partial charge in [0.05, 0.1) is 17.7 Å². The van der Waals surface area contributed by atoms with Crippen molar-refractivity contribution < 1.29 is 9.59 Å². The molecule has 3 aromatic rings. The van der Waals surface area contributed by atoms with Crippen molar-refractivity contribution >= 4 is 34.6 Å². The van der Waals surface area contributed by atoms with Gasteiger partial charge in [0.1, 0.15) is 0 Å². The van der Waals surface area contributed by atoms with Crippen molar-refractivity contribution in [2.24, 2.45) is 0 Å². The molecule has 27 heavy (non-hydrogen) atoms. The second kappa shape index (κ2) is 7.22. The van der Waals surface area contributed by atoms with Crippen LogP contribution in [-0.2, 0) is 16.1 Å². The van der Waals surface area contributed by atoms with E-state index in [1.165, 1.54) is 4.90 Å². The third kappa shape index (κ3) is 3.29. The van der Waals surface area contributed by atoms with Crippen LogP contribution in [0.3, 0.4) is 0 Å². The van der Waals surface area contributed by atoms with E-state index in [4.69, 9.17) is 11.6 Å². The zero-order valence-corrected chi connectivity index (χ0v) is 15.2. The highest BCUT2D eigenvalue weighted by Gasteiger charge is 2.39. The molecule has 0 fully saturated rings. The minimum atomic E-state index is -0.287. The quantitative estimate of drug-likeness (QED) is 0.615. The topological polar surface area (TPSA) is 37.4 Å². The van der Waals surface area contributed by atoms with Gasteiger partial charge in [-0.15, -0.1) is 0 Å². The highest BCUT2D eigenvalue weighted by molar-refractivity contribution is 6.48. The Balaban J connectivity index is 1.80. The van der Waals surface area contributed by atoms with Crippen molar-refractivity contribution in [3.63, 3.8) is 0 Å². The van der Waals surface area contributed by atoms with Crippen LogP contribution in [0, 0.1) is 0 Å². The third-order valence-corrected chi connectivity index (χ3v) is 4.76.